The summed E-state index contributed by atoms with van der Waals surface area (Å²) in [6.07, 6.45) is 5.23. The van der Waals surface area contributed by atoms with E-state index in [1.165, 1.54) is 0 Å². The lowest BCUT2D eigenvalue weighted by Gasteiger charge is -2.11. The molecular weight excluding hydrogens is 332 g/mol. The monoisotopic (exact) mass is 346 g/mol. The summed E-state index contributed by atoms with van der Waals surface area (Å²) in [6.45, 7) is 0.576. The second kappa shape index (κ2) is 6.56. The molecular formula is C17H15ClN2O2S. The topological polar surface area (TPSA) is 52.0 Å². The average Bonchev–Trinajstić information content (AvgIpc) is 3.09. The van der Waals surface area contributed by atoms with Crippen molar-refractivity contribution in [3.05, 3.63) is 78.9 Å². The first-order chi connectivity index (χ1) is 11.1. The molecule has 23 heavy (non-hydrogen) atoms. The summed E-state index contributed by atoms with van der Waals surface area (Å²) in [5, 5.41) is -0.252. The zero-order valence-electron chi connectivity index (χ0n) is 12.2. The predicted octanol–water partition coefficient (Wildman–Crippen LogP) is 3.70. The Balaban J connectivity index is 1.82. The maximum atomic E-state index is 12.5. The average molecular weight is 347 g/mol. The Kier molecular flexibility index (Phi) is 4.50. The Morgan fingerprint density at radius 1 is 1.00 bits per heavy atom. The molecule has 1 atom stereocenters. The summed E-state index contributed by atoms with van der Waals surface area (Å²) < 4.78 is 26.9. The highest BCUT2D eigenvalue weighted by Crippen LogP contribution is 2.26. The van der Waals surface area contributed by atoms with Crippen molar-refractivity contribution in [2.24, 2.45) is 0 Å². The van der Waals surface area contributed by atoms with Gasteiger partial charge in [-0.25, -0.2) is 13.4 Å². The van der Waals surface area contributed by atoms with Crippen LogP contribution in [0.3, 0.4) is 0 Å². The van der Waals surface area contributed by atoms with Crippen molar-refractivity contribution in [2.45, 2.75) is 21.7 Å². The van der Waals surface area contributed by atoms with Crippen LogP contribution in [-0.2, 0) is 16.4 Å². The fourth-order valence-electron chi connectivity index (χ4n) is 2.28. The van der Waals surface area contributed by atoms with Crippen molar-refractivity contribution < 1.29 is 8.42 Å². The van der Waals surface area contributed by atoms with Crippen LogP contribution >= 0.6 is 11.6 Å². The zero-order chi connectivity index (χ0) is 16.3. The minimum Gasteiger partial charge on any atom is -0.336 e. The number of sulfone groups is 1. The Morgan fingerprint density at radius 3 is 2.26 bits per heavy atom. The maximum absolute atomic E-state index is 12.5. The Bertz CT molecular complexity index is 861. The van der Waals surface area contributed by atoms with Crippen LogP contribution in [0.1, 0.15) is 10.9 Å². The van der Waals surface area contributed by atoms with Gasteiger partial charge in [-0.05, 0) is 29.8 Å². The van der Waals surface area contributed by atoms with E-state index in [2.05, 4.69) is 4.98 Å². The van der Waals surface area contributed by atoms with E-state index in [1.807, 2.05) is 10.8 Å². The maximum Gasteiger partial charge on any atom is 0.206 e. The van der Waals surface area contributed by atoms with E-state index in [0.717, 1.165) is 5.56 Å². The van der Waals surface area contributed by atoms with Crippen LogP contribution in [-0.4, -0.2) is 18.0 Å². The highest BCUT2D eigenvalue weighted by molar-refractivity contribution is 7.91. The van der Waals surface area contributed by atoms with Crippen molar-refractivity contribution in [2.75, 3.05) is 0 Å². The number of aromatic nitrogens is 2. The number of rotatable bonds is 5. The third-order valence-corrected chi connectivity index (χ3v) is 5.71. The van der Waals surface area contributed by atoms with Crippen LogP contribution < -0.4 is 0 Å². The Labute approximate surface area is 140 Å². The molecule has 0 bridgehead atoms. The van der Waals surface area contributed by atoms with Gasteiger partial charge >= 0.3 is 0 Å². The molecule has 0 amide bonds. The van der Waals surface area contributed by atoms with Gasteiger partial charge in [0.15, 0.2) is 0 Å². The summed E-state index contributed by atoms with van der Waals surface area (Å²) >= 11 is 6.38. The van der Waals surface area contributed by atoms with Crippen LogP contribution in [0.2, 0.25) is 0 Å². The third-order valence-electron chi connectivity index (χ3n) is 3.54. The number of imidazole rings is 1. The number of hydrogen-bond donors (Lipinski definition) is 0. The lowest BCUT2D eigenvalue weighted by atomic mass is 10.1. The molecule has 1 aromatic heterocycles. The molecule has 0 saturated carbocycles. The molecule has 4 nitrogen and oxygen atoms in total. The molecule has 3 aromatic rings. The number of benzene rings is 2. The summed E-state index contributed by atoms with van der Waals surface area (Å²) in [6, 6.07) is 15.1. The van der Waals surface area contributed by atoms with Crippen molar-refractivity contribution in [3.63, 3.8) is 0 Å². The minimum atomic E-state index is -3.49. The van der Waals surface area contributed by atoms with Crippen molar-refractivity contribution >= 4 is 21.4 Å². The third kappa shape index (κ3) is 3.46. The highest BCUT2D eigenvalue weighted by atomic mass is 35.5. The molecule has 0 saturated heterocycles. The van der Waals surface area contributed by atoms with E-state index >= 15 is 0 Å². The first kappa shape index (κ1) is 15.8. The van der Waals surface area contributed by atoms with Crippen molar-refractivity contribution in [1.82, 2.24) is 9.55 Å². The fourth-order valence-corrected chi connectivity index (χ4v) is 3.86. The molecule has 0 N–H and O–H groups in total. The zero-order valence-corrected chi connectivity index (χ0v) is 13.8. The molecule has 1 unspecified atom stereocenters. The fraction of sp³-hybridized carbons (Fsp3) is 0.118. The lowest BCUT2D eigenvalue weighted by Crippen LogP contribution is -2.04. The second-order valence-electron chi connectivity index (χ2n) is 5.11. The summed E-state index contributed by atoms with van der Waals surface area (Å²) in [5.74, 6) is 0. The molecule has 118 valence electrons. The Morgan fingerprint density at radius 2 is 1.65 bits per heavy atom. The minimum absolute atomic E-state index is 0.252. The van der Waals surface area contributed by atoms with Crippen LogP contribution in [0.25, 0.3) is 0 Å². The normalized spacial score (nSPS) is 12.9. The summed E-state index contributed by atoms with van der Waals surface area (Å²) in [4.78, 5) is 4.52. The van der Waals surface area contributed by atoms with E-state index in [9.17, 15) is 8.42 Å². The van der Waals surface area contributed by atoms with E-state index in [4.69, 9.17) is 11.6 Å². The molecule has 3 rings (SSSR count). The number of alkyl halides is 1. The molecule has 2 aromatic carbocycles. The standard InChI is InChI=1S/C17H15ClN2O2S/c18-17(12-20-11-10-19-13-20)14-6-8-16(9-7-14)23(21,22)15-4-2-1-3-5-15/h1-11,13,17H,12H2. The first-order valence-corrected chi connectivity index (χ1v) is 8.99. The van der Waals surface area contributed by atoms with Crippen molar-refractivity contribution in [1.29, 1.82) is 0 Å². The van der Waals surface area contributed by atoms with E-state index in [-0.39, 0.29) is 15.2 Å². The quantitative estimate of drug-likeness (QED) is 0.662. The number of nitrogens with zero attached hydrogens (tertiary/aromatic N) is 2. The van der Waals surface area contributed by atoms with Crippen LogP contribution in [0.15, 0.2) is 83.1 Å². The molecule has 0 spiro atoms. The van der Waals surface area contributed by atoms with Gasteiger partial charge in [-0.3, -0.25) is 0 Å². The van der Waals surface area contributed by atoms with E-state index in [1.54, 1.807) is 67.1 Å². The molecule has 0 aliphatic carbocycles. The van der Waals surface area contributed by atoms with Crippen LogP contribution in [0.4, 0.5) is 0 Å². The molecule has 0 radical (unpaired) electrons. The van der Waals surface area contributed by atoms with Crippen LogP contribution in [0.5, 0.6) is 0 Å². The van der Waals surface area contributed by atoms with Crippen molar-refractivity contribution in [3.8, 4) is 0 Å². The number of hydrogen-bond acceptors (Lipinski definition) is 3. The highest BCUT2D eigenvalue weighted by Gasteiger charge is 2.18. The van der Waals surface area contributed by atoms with Gasteiger partial charge in [0.25, 0.3) is 0 Å². The second-order valence-corrected chi connectivity index (χ2v) is 7.59. The summed E-state index contributed by atoms with van der Waals surface area (Å²) in [7, 11) is -3.49. The molecule has 0 aliphatic rings. The summed E-state index contributed by atoms with van der Waals surface area (Å²) in [5.41, 5.74) is 0.868. The van der Waals surface area contributed by atoms with Gasteiger partial charge < -0.3 is 4.57 Å². The SMILES string of the molecule is O=S(=O)(c1ccccc1)c1ccc(C(Cl)Cn2ccnc2)cc1. The van der Waals surface area contributed by atoms with Gasteiger partial charge in [0, 0.05) is 18.9 Å². The van der Waals surface area contributed by atoms with Gasteiger partial charge in [0.2, 0.25) is 9.84 Å². The molecule has 0 aliphatic heterocycles. The molecule has 6 heteroatoms. The Hall–Kier alpha value is -2.11. The van der Waals surface area contributed by atoms with Gasteiger partial charge in [-0.1, -0.05) is 30.3 Å². The van der Waals surface area contributed by atoms with Gasteiger partial charge in [0.05, 0.1) is 21.5 Å². The predicted molar refractivity (Wildman–Crippen MR) is 89.2 cm³/mol. The molecule has 0 fully saturated rings. The van der Waals surface area contributed by atoms with Gasteiger partial charge in [-0.15, -0.1) is 11.6 Å². The van der Waals surface area contributed by atoms with Gasteiger partial charge in [-0.2, -0.15) is 0 Å². The first-order valence-electron chi connectivity index (χ1n) is 7.07. The van der Waals surface area contributed by atoms with E-state index < -0.39 is 9.84 Å². The lowest BCUT2D eigenvalue weighted by molar-refractivity contribution is 0.596. The number of halogens is 1. The smallest absolute Gasteiger partial charge is 0.206 e. The van der Waals surface area contributed by atoms with E-state index in [0.29, 0.717) is 6.54 Å². The van der Waals surface area contributed by atoms with Crippen LogP contribution in [0, 0.1) is 0 Å². The molecule has 1 heterocycles. The largest absolute Gasteiger partial charge is 0.336 e. The van der Waals surface area contributed by atoms with Gasteiger partial charge in [0.1, 0.15) is 0 Å².